The van der Waals surface area contributed by atoms with Gasteiger partial charge in [-0.25, -0.2) is 4.98 Å². The quantitative estimate of drug-likeness (QED) is 0.634. The van der Waals surface area contributed by atoms with E-state index in [0.717, 1.165) is 17.1 Å². The molecule has 0 unspecified atom stereocenters. The number of carbonyl (C=O) groups excluding carboxylic acids is 1. The van der Waals surface area contributed by atoms with Crippen LogP contribution >= 0.6 is 11.6 Å². The van der Waals surface area contributed by atoms with Crippen LogP contribution in [0.1, 0.15) is 17.4 Å². The van der Waals surface area contributed by atoms with E-state index < -0.39 is 0 Å². The van der Waals surface area contributed by atoms with Gasteiger partial charge >= 0.3 is 0 Å². The lowest BCUT2D eigenvalue weighted by Crippen LogP contribution is -2.13. The predicted molar refractivity (Wildman–Crippen MR) is 105 cm³/mol. The first-order valence-electron chi connectivity index (χ1n) is 8.17. The fraction of sp³-hybridized carbons (Fsp3) is 0.100. The Morgan fingerprint density at radius 1 is 1.04 bits per heavy atom. The number of rotatable bonds is 6. The number of nitrogens with zero attached hydrogens (tertiary/aromatic N) is 1. The zero-order valence-corrected chi connectivity index (χ0v) is 15.0. The van der Waals surface area contributed by atoms with Crippen molar-refractivity contribution in [2.45, 2.75) is 6.92 Å². The minimum Gasteiger partial charge on any atom is -0.494 e. The standard InChI is InChI=1S/C20H18ClN3O2/c1-2-26-16-10-7-14(8-11-16)24-20(25)19-12-9-15(13-22-19)23-18-6-4-3-5-17(18)21/h3-13,23H,2H2,1H3,(H,24,25). The zero-order valence-electron chi connectivity index (χ0n) is 14.2. The summed E-state index contributed by atoms with van der Waals surface area (Å²) in [5.74, 6) is 0.483. The molecular formula is C20H18ClN3O2. The summed E-state index contributed by atoms with van der Waals surface area (Å²) in [6.45, 7) is 2.52. The van der Waals surface area contributed by atoms with Crippen LogP contribution in [0.15, 0.2) is 66.9 Å². The average molecular weight is 368 g/mol. The number of halogens is 1. The lowest BCUT2D eigenvalue weighted by molar-refractivity contribution is 0.102. The Labute approximate surface area is 157 Å². The van der Waals surface area contributed by atoms with Gasteiger partial charge in [0.2, 0.25) is 0 Å². The van der Waals surface area contributed by atoms with E-state index in [4.69, 9.17) is 16.3 Å². The van der Waals surface area contributed by atoms with Gasteiger partial charge in [0.15, 0.2) is 0 Å². The molecule has 0 saturated heterocycles. The monoisotopic (exact) mass is 367 g/mol. The highest BCUT2D eigenvalue weighted by Crippen LogP contribution is 2.24. The van der Waals surface area contributed by atoms with Gasteiger partial charge < -0.3 is 15.4 Å². The first-order valence-corrected chi connectivity index (χ1v) is 8.55. The van der Waals surface area contributed by atoms with Crippen LogP contribution in [0.2, 0.25) is 5.02 Å². The van der Waals surface area contributed by atoms with E-state index in [1.54, 1.807) is 36.5 Å². The molecule has 1 amide bonds. The SMILES string of the molecule is CCOc1ccc(NC(=O)c2ccc(Nc3ccccc3Cl)cn2)cc1. The van der Waals surface area contributed by atoms with Gasteiger partial charge in [0.05, 0.1) is 29.2 Å². The summed E-state index contributed by atoms with van der Waals surface area (Å²) in [7, 11) is 0. The van der Waals surface area contributed by atoms with E-state index >= 15 is 0 Å². The molecule has 0 aliphatic carbocycles. The van der Waals surface area contributed by atoms with Crippen molar-refractivity contribution < 1.29 is 9.53 Å². The molecule has 0 aliphatic rings. The minimum atomic E-state index is -0.279. The molecule has 1 aromatic heterocycles. The van der Waals surface area contributed by atoms with Gasteiger partial charge in [0, 0.05) is 5.69 Å². The molecule has 0 spiro atoms. The summed E-state index contributed by atoms with van der Waals surface area (Å²) in [5.41, 5.74) is 2.53. The second-order valence-corrected chi connectivity index (χ2v) is 5.86. The van der Waals surface area contributed by atoms with Crippen LogP contribution in [0.5, 0.6) is 5.75 Å². The summed E-state index contributed by atoms with van der Waals surface area (Å²) in [5, 5.41) is 6.59. The van der Waals surface area contributed by atoms with Crippen LogP contribution in [0, 0.1) is 0 Å². The smallest absolute Gasteiger partial charge is 0.274 e. The second kappa shape index (κ2) is 8.36. The number of amides is 1. The normalized spacial score (nSPS) is 10.2. The number of carbonyl (C=O) groups is 1. The summed E-state index contributed by atoms with van der Waals surface area (Å²) < 4.78 is 5.38. The highest BCUT2D eigenvalue weighted by atomic mass is 35.5. The molecule has 0 atom stereocenters. The molecule has 0 fully saturated rings. The van der Waals surface area contributed by atoms with Gasteiger partial charge in [-0.15, -0.1) is 0 Å². The molecule has 2 aromatic carbocycles. The molecule has 0 bridgehead atoms. The fourth-order valence-electron chi connectivity index (χ4n) is 2.32. The number of benzene rings is 2. The molecule has 0 radical (unpaired) electrons. The average Bonchev–Trinajstić information content (AvgIpc) is 2.66. The molecular weight excluding hydrogens is 350 g/mol. The predicted octanol–water partition coefficient (Wildman–Crippen LogP) is 5.13. The number of nitrogens with one attached hydrogen (secondary N) is 2. The molecule has 132 valence electrons. The maximum absolute atomic E-state index is 12.3. The highest BCUT2D eigenvalue weighted by molar-refractivity contribution is 6.33. The van der Waals surface area contributed by atoms with Crippen LogP contribution in [0.4, 0.5) is 17.1 Å². The topological polar surface area (TPSA) is 63.2 Å². The van der Waals surface area contributed by atoms with Crippen molar-refractivity contribution in [3.8, 4) is 5.75 Å². The number of pyridine rings is 1. The van der Waals surface area contributed by atoms with Crippen molar-refractivity contribution in [1.82, 2.24) is 4.98 Å². The van der Waals surface area contributed by atoms with Crippen molar-refractivity contribution in [2.75, 3.05) is 17.2 Å². The lowest BCUT2D eigenvalue weighted by atomic mass is 10.2. The summed E-state index contributed by atoms with van der Waals surface area (Å²) in [6.07, 6.45) is 1.59. The van der Waals surface area contributed by atoms with Gasteiger partial charge in [-0.2, -0.15) is 0 Å². The zero-order chi connectivity index (χ0) is 18.4. The summed E-state index contributed by atoms with van der Waals surface area (Å²) in [6, 6.07) is 18.1. The van der Waals surface area contributed by atoms with Crippen LogP contribution in [0.3, 0.4) is 0 Å². The Morgan fingerprint density at radius 2 is 1.77 bits per heavy atom. The number of hydrogen-bond donors (Lipinski definition) is 2. The molecule has 3 aromatic rings. The Morgan fingerprint density at radius 3 is 2.42 bits per heavy atom. The van der Waals surface area contributed by atoms with Gasteiger partial charge in [-0.1, -0.05) is 23.7 Å². The molecule has 26 heavy (non-hydrogen) atoms. The number of anilines is 3. The fourth-order valence-corrected chi connectivity index (χ4v) is 2.50. The van der Waals surface area contributed by atoms with Gasteiger partial charge in [-0.05, 0) is 55.5 Å². The first kappa shape index (κ1) is 17.8. The summed E-state index contributed by atoms with van der Waals surface area (Å²) >= 11 is 6.12. The third-order valence-electron chi connectivity index (χ3n) is 3.57. The highest BCUT2D eigenvalue weighted by Gasteiger charge is 2.08. The van der Waals surface area contributed by atoms with Crippen LogP contribution in [0.25, 0.3) is 0 Å². The third-order valence-corrected chi connectivity index (χ3v) is 3.90. The lowest BCUT2D eigenvalue weighted by Gasteiger charge is -2.09. The maximum Gasteiger partial charge on any atom is 0.274 e. The largest absolute Gasteiger partial charge is 0.494 e. The second-order valence-electron chi connectivity index (χ2n) is 5.45. The first-order chi connectivity index (χ1) is 12.7. The van der Waals surface area contributed by atoms with Crippen molar-refractivity contribution in [3.05, 3.63) is 77.6 Å². The van der Waals surface area contributed by atoms with Crippen molar-refractivity contribution in [2.24, 2.45) is 0 Å². The molecule has 3 rings (SSSR count). The molecule has 6 heteroatoms. The van der Waals surface area contributed by atoms with Crippen molar-refractivity contribution >= 4 is 34.6 Å². The minimum absolute atomic E-state index is 0.279. The van der Waals surface area contributed by atoms with E-state index in [9.17, 15) is 4.79 Å². The molecule has 0 saturated carbocycles. The van der Waals surface area contributed by atoms with E-state index in [-0.39, 0.29) is 5.91 Å². The third kappa shape index (κ3) is 4.52. The van der Waals surface area contributed by atoms with E-state index in [1.807, 2.05) is 37.3 Å². The van der Waals surface area contributed by atoms with Crippen molar-refractivity contribution in [3.63, 3.8) is 0 Å². The van der Waals surface area contributed by atoms with Crippen LogP contribution in [-0.2, 0) is 0 Å². The van der Waals surface area contributed by atoms with Crippen molar-refractivity contribution in [1.29, 1.82) is 0 Å². The summed E-state index contributed by atoms with van der Waals surface area (Å²) in [4.78, 5) is 16.5. The van der Waals surface area contributed by atoms with Crippen LogP contribution in [-0.4, -0.2) is 17.5 Å². The molecule has 0 aliphatic heterocycles. The van der Waals surface area contributed by atoms with Gasteiger partial charge in [-0.3, -0.25) is 4.79 Å². The van der Waals surface area contributed by atoms with Gasteiger partial charge in [0.1, 0.15) is 11.4 Å². The molecule has 2 N–H and O–H groups in total. The number of hydrogen-bond acceptors (Lipinski definition) is 4. The molecule has 5 nitrogen and oxygen atoms in total. The van der Waals surface area contributed by atoms with Crippen LogP contribution < -0.4 is 15.4 Å². The maximum atomic E-state index is 12.3. The number of ether oxygens (including phenoxy) is 1. The Hall–Kier alpha value is -3.05. The van der Waals surface area contributed by atoms with Gasteiger partial charge in [0.25, 0.3) is 5.91 Å². The number of aromatic nitrogens is 1. The van der Waals surface area contributed by atoms with E-state index in [2.05, 4.69) is 15.6 Å². The van der Waals surface area contributed by atoms with E-state index in [1.165, 1.54) is 0 Å². The number of para-hydroxylation sites is 1. The molecule has 1 heterocycles. The van der Waals surface area contributed by atoms with E-state index in [0.29, 0.717) is 23.0 Å². The Balaban J connectivity index is 1.64. The Bertz CT molecular complexity index is 880. The Kier molecular flexibility index (Phi) is 5.71.